The summed E-state index contributed by atoms with van der Waals surface area (Å²) in [6, 6.07) is 15.1. The predicted molar refractivity (Wildman–Crippen MR) is 138 cm³/mol. The van der Waals surface area contributed by atoms with Crippen molar-refractivity contribution in [1.29, 1.82) is 0 Å². The Balaban J connectivity index is 1.86. The first kappa shape index (κ1) is 24.2. The van der Waals surface area contributed by atoms with Crippen LogP contribution in [0.2, 0.25) is 10.0 Å². The summed E-state index contributed by atoms with van der Waals surface area (Å²) in [6.07, 6.45) is 0. The number of halogens is 2. The summed E-state index contributed by atoms with van der Waals surface area (Å²) in [7, 11) is 3.78. The SMILES string of the molecule is CCNC1(C(N)=O)CN(c2nc(NN(C)C)c(-c3ccc(Cl)cc3)c(-c3ccc(Cl)cc3)n2)C1. The second-order valence-corrected chi connectivity index (χ2v) is 9.32. The molecule has 2 heterocycles. The van der Waals surface area contributed by atoms with Gasteiger partial charge in [0, 0.05) is 42.8 Å². The lowest BCUT2D eigenvalue weighted by atomic mass is 9.89. The van der Waals surface area contributed by atoms with Gasteiger partial charge in [-0.3, -0.25) is 4.79 Å². The van der Waals surface area contributed by atoms with Gasteiger partial charge in [0.25, 0.3) is 0 Å². The lowest BCUT2D eigenvalue weighted by Gasteiger charge is -2.48. The standard InChI is InChI=1S/C24H27Cl2N7O/c1-4-28-24(22(27)34)13-33(14-24)23-29-20(16-7-11-18(26)12-8-16)19(21(30-23)31-32(2)3)15-5-9-17(25)10-6-15/h5-12,28H,4,13-14H2,1-3H3,(H2,27,34)(H,29,30,31). The number of amides is 1. The van der Waals surface area contributed by atoms with Gasteiger partial charge in [0.05, 0.1) is 11.3 Å². The maximum absolute atomic E-state index is 12.1. The Morgan fingerprint density at radius 1 is 1.03 bits per heavy atom. The van der Waals surface area contributed by atoms with Crippen molar-refractivity contribution in [3.63, 3.8) is 0 Å². The summed E-state index contributed by atoms with van der Waals surface area (Å²) in [5.41, 5.74) is 11.6. The molecule has 0 bridgehead atoms. The summed E-state index contributed by atoms with van der Waals surface area (Å²) in [6.45, 7) is 3.36. The van der Waals surface area contributed by atoms with Gasteiger partial charge < -0.3 is 21.4 Å². The van der Waals surface area contributed by atoms with Gasteiger partial charge in [-0.05, 0) is 36.4 Å². The molecule has 0 unspecified atom stereocenters. The number of nitrogens with zero attached hydrogens (tertiary/aromatic N) is 4. The van der Waals surface area contributed by atoms with Crippen LogP contribution in [-0.2, 0) is 4.79 Å². The van der Waals surface area contributed by atoms with Crippen molar-refractivity contribution in [1.82, 2.24) is 20.3 Å². The van der Waals surface area contributed by atoms with Gasteiger partial charge in [-0.1, -0.05) is 54.4 Å². The number of nitrogens with two attached hydrogens (primary N) is 1. The van der Waals surface area contributed by atoms with Crippen LogP contribution in [0.4, 0.5) is 11.8 Å². The van der Waals surface area contributed by atoms with Crippen LogP contribution in [0.25, 0.3) is 22.4 Å². The summed E-state index contributed by atoms with van der Waals surface area (Å²) >= 11 is 12.3. The van der Waals surface area contributed by atoms with E-state index in [2.05, 4.69) is 10.7 Å². The number of primary amides is 1. The third-order valence-corrected chi connectivity index (χ3v) is 6.17. The summed E-state index contributed by atoms with van der Waals surface area (Å²) in [4.78, 5) is 23.9. The molecule has 4 rings (SSSR count). The van der Waals surface area contributed by atoms with E-state index in [0.717, 1.165) is 22.4 Å². The fourth-order valence-electron chi connectivity index (χ4n) is 4.03. The van der Waals surface area contributed by atoms with E-state index in [9.17, 15) is 4.79 Å². The molecule has 0 spiro atoms. The van der Waals surface area contributed by atoms with Gasteiger partial charge in [0.1, 0.15) is 5.54 Å². The van der Waals surface area contributed by atoms with Gasteiger partial charge in [-0.15, -0.1) is 0 Å². The number of carbonyl (C=O) groups excluding carboxylic acids is 1. The lowest BCUT2D eigenvalue weighted by Crippen LogP contribution is -2.75. The summed E-state index contributed by atoms with van der Waals surface area (Å²) < 4.78 is 0. The Kier molecular flexibility index (Phi) is 6.95. The van der Waals surface area contributed by atoms with Gasteiger partial charge in [-0.25, -0.2) is 9.99 Å². The van der Waals surface area contributed by atoms with E-state index in [4.69, 9.17) is 38.9 Å². The number of hydrogen-bond donors (Lipinski definition) is 3. The van der Waals surface area contributed by atoms with Crippen molar-refractivity contribution in [2.45, 2.75) is 12.5 Å². The molecule has 4 N–H and O–H groups in total. The van der Waals surface area contributed by atoms with Crippen LogP contribution in [-0.4, -0.2) is 60.2 Å². The molecule has 1 aliphatic heterocycles. The van der Waals surface area contributed by atoms with E-state index >= 15 is 0 Å². The molecule has 1 aliphatic rings. The number of carbonyl (C=O) groups is 1. The first-order valence-corrected chi connectivity index (χ1v) is 11.7. The highest BCUT2D eigenvalue weighted by Gasteiger charge is 2.48. The number of hydrazine groups is 1. The molecule has 10 heteroatoms. The van der Waals surface area contributed by atoms with Crippen molar-refractivity contribution >= 4 is 40.9 Å². The number of benzene rings is 2. The zero-order valence-electron chi connectivity index (χ0n) is 19.3. The largest absolute Gasteiger partial charge is 0.368 e. The third-order valence-electron chi connectivity index (χ3n) is 5.67. The van der Waals surface area contributed by atoms with Crippen LogP contribution >= 0.6 is 23.2 Å². The summed E-state index contributed by atoms with van der Waals surface area (Å²) in [5.74, 6) is 0.747. The molecule has 1 amide bonds. The van der Waals surface area contributed by atoms with Crippen molar-refractivity contribution in [2.24, 2.45) is 5.73 Å². The monoisotopic (exact) mass is 499 g/mol. The van der Waals surface area contributed by atoms with Gasteiger partial charge in [0.2, 0.25) is 11.9 Å². The number of nitrogens with one attached hydrogen (secondary N) is 2. The number of anilines is 2. The van der Waals surface area contributed by atoms with Crippen LogP contribution in [0.5, 0.6) is 0 Å². The van der Waals surface area contributed by atoms with E-state index in [1.54, 1.807) is 0 Å². The molecule has 34 heavy (non-hydrogen) atoms. The molecule has 0 radical (unpaired) electrons. The highest BCUT2D eigenvalue weighted by Crippen LogP contribution is 2.39. The molecular weight excluding hydrogens is 473 g/mol. The van der Waals surface area contributed by atoms with Crippen LogP contribution in [0.3, 0.4) is 0 Å². The highest BCUT2D eigenvalue weighted by molar-refractivity contribution is 6.31. The average Bonchev–Trinajstić information content (AvgIpc) is 2.76. The molecule has 0 aliphatic carbocycles. The molecule has 1 saturated heterocycles. The number of likely N-dealkylation sites (N-methyl/N-ethyl adjacent to an activating group) is 1. The van der Waals surface area contributed by atoms with Gasteiger partial charge in [0.15, 0.2) is 5.82 Å². The summed E-state index contributed by atoms with van der Waals surface area (Å²) in [5, 5.41) is 6.31. The van der Waals surface area contributed by atoms with Gasteiger partial charge >= 0.3 is 0 Å². The zero-order valence-corrected chi connectivity index (χ0v) is 20.8. The van der Waals surface area contributed by atoms with Crippen molar-refractivity contribution < 1.29 is 4.79 Å². The number of rotatable bonds is 8. The molecule has 1 fully saturated rings. The van der Waals surface area contributed by atoms with E-state index < -0.39 is 5.54 Å². The van der Waals surface area contributed by atoms with Crippen LogP contribution in [0.1, 0.15) is 6.92 Å². The predicted octanol–water partition coefficient (Wildman–Crippen LogP) is 3.66. The van der Waals surface area contributed by atoms with Crippen LogP contribution in [0.15, 0.2) is 48.5 Å². The van der Waals surface area contributed by atoms with Crippen molar-refractivity contribution in [2.75, 3.05) is 44.1 Å². The Morgan fingerprint density at radius 3 is 2.09 bits per heavy atom. The fourth-order valence-corrected chi connectivity index (χ4v) is 4.28. The van der Waals surface area contributed by atoms with E-state index in [1.807, 2.05) is 79.5 Å². The van der Waals surface area contributed by atoms with E-state index in [1.165, 1.54) is 0 Å². The van der Waals surface area contributed by atoms with Crippen LogP contribution < -0.4 is 21.4 Å². The molecule has 0 atom stereocenters. The Bertz CT molecular complexity index is 1180. The fraction of sp³-hybridized carbons (Fsp3) is 0.292. The molecule has 2 aromatic carbocycles. The smallest absolute Gasteiger partial charge is 0.241 e. The maximum Gasteiger partial charge on any atom is 0.241 e. The first-order valence-electron chi connectivity index (χ1n) is 10.9. The van der Waals surface area contributed by atoms with Crippen molar-refractivity contribution in [3.8, 4) is 22.4 Å². The topological polar surface area (TPSA) is 99.4 Å². The highest BCUT2D eigenvalue weighted by atomic mass is 35.5. The van der Waals surface area contributed by atoms with Gasteiger partial charge in [-0.2, -0.15) is 4.98 Å². The minimum absolute atomic E-state index is 0.382. The third kappa shape index (κ3) is 4.81. The quantitative estimate of drug-likeness (QED) is 0.406. The first-order chi connectivity index (χ1) is 16.2. The lowest BCUT2D eigenvalue weighted by molar-refractivity contribution is -0.125. The second-order valence-electron chi connectivity index (χ2n) is 8.45. The second kappa shape index (κ2) is 9.76. The Hall–Kier alpha value is -2.91. The Labute approximate surface area is 209 Å². The van der Waals surface area contributed by atoms with Crippen molar-refractivity contribution in [3.05, 3.63) is 58.6 Å². The maximum atomic E-state index is 12.1. The number of aromatic nitrogens is 2. The van der Waals surface area contributed by atoms with Crippen LogP contribution in [0, 0.1) is 0 Å². The molecular formula is C24H27Cl2N7O. The minimum atomic E-state index is -0.789. The Morgan fingerprint density at radius 2 is 1.59 bits per heavy atom. The van der Waals surface area contributed by atoms with E-state index in [0.29, 0.717) is 41.4 Å². The molecule has 1 aromatic heterocycles. The number of hydrogen-bond acceptors (Lipinski definition) is 7. The minimum Gasteiger partial charge on any atom is -0.368 e. The van der Waals surface area contributed by atoms with E-state index in [-0.39, 0.29) is 5.91 Å². The molecule has 3 aromatic rings. The normalized spacial score (nSPS) is 14.7. The molecule has 178 valence electrons. The zero-order chi connectivity index (χ0) is 24.5. The average molecular weight is 500 g/mol. The molecule has 0 saturated carbocycles. The molecule has 8 nitrogen and oxygen atoms in total.